The number of rotatable bonds is 7. The van der Waals surface area contributed by atoms with Crippen molar-refractivity contribution in [3.8, 4) is 0 Å². The molecule has 0 unspecified atom stereocenters. The van der Waals surface area contributed by atoms with E-state index in [-0.39, 0.29) is 6.10 Å². The van der Waals surface area contributed by atoms with Crippen LogP contribution >= 0.6 is 0 Å². The molecule has 4 heteroatoms. The summed E-state index contributed by atoms with van der Waals surface area (Å²) >= 11 is 0. The lowest BCUT2D eigenvalue weighted by Gasteiger charge is -2.24. The van der Waals surface area contributed by atoms with Crippen molar-refractivity contribution in [3.05, 3.63) is 47.6 Å². The predicted molar refractivity (Wildman–Crippen MR) is 84.6 cm³/mol. The van der Waals surface area contributed by atoms with Crippen molar-refractivity contribution in [2.24, 2.45) is 0 Å². The third kappa shape index (κ3) is 6.66. The highest BCUT2D eigenvalue weighted by Crippen LogP contribution is 2.19. The molecular formula is C16H26O3Si. The van der Waals surface area contributed by atoms with E-state index in [9.17, 15) is 0 Å². The second-order valence-electron chi connectivity index (χ2n) is 6.00. The van der Waals surface area contributed by atoms with E-state index in [0.29, 0.717) is 18.3 Å². The van der Waals surface area contributed by atoms with Crippen LogP contribution in [-0.2, 0) is 20.5 Å². The van der Waals surface area contributed by atoms with Gasteiger partial charge in [0.05, 0.1) is 6.10 Å². The topological polar surface area (TPSA) is 27.7 Å². The predicted octanol–water partition coefficient (Wildman–Crippen LogP) is 4.67. The second kappa shape index (κ2) is 7.38. The molecule has 0 atom stereocenters. The Hall–Kier alpha value is -1.42. The highest BCUT2D eigenvalue weighted by Gasteiger charge is 2.21. The van der Waals surface area contributed by atoms with Crippen molar-refractivity contribution < 1.29 is 13.9 Å². The van der Waals surface area contributed by atoms with Crippen LogP contribution in [0.3, 0.4) is 0 Å². The first-order chi connectivity index (χ1) is 9.28. The molecule has 1 aromatic carbocycles. The van der Waals surface area contributed by atoms with Gasteiger partial charge in [-0.2, -0.15) is 0 Å². The smallest absolute Gasteiger partial charge is 0.305 e. The number of ether oxygens (including phenoxy) is 2. The minimum atomic E-state index is -1.72. The van der Waals surface area contributed by atoms with Gasteiger partial charge in [-0.1, -0.05) is 30.3 Å². The van der Waals surface area contributed by atoms with Crippen LogP contribution in [-0.4, -0.2) is 14.4 Å². The molecule has 0 aromatic heterocycles. The highest BCUT2D eigenvalue weighted by atomic mass is 28.4. The van der Waals surface area contributed by atoms with E-state index in [1.54, 1.807) is 0 Å². The molecule has 3 nitrogen and oxygen atoms in total. The van der Waals surface area contributed by atoms with Gasteiger partial charge in [-0.25, -0.2) is 0 Å². The fourth-order valence-electron chi connectivity index (χ4n) is 1.50. The number of allylic oxidation sites excluding steroid dienone is 1. The van der Waals surface area contributed by atoms with Crippen LogP contribution in [0.2, 0.25) is 19.6 Å². The molecule has 0 bridgehead atoms. The Morgan fingerprint density at radius 3 is 2.20 bits per heavy atom. The van der Waals surface area contributed by atoms with E-state index in [4.69, 9.17) is 13.9 Å². The lowest BCUT2D eigenvalue weighted by molar-refractivity contribution is 0.0339. The maximum atomic E-state index is 5.97. The summed E-state index contributed by atoms with van der Waals surface area (Å²) in [5, 5.41) is 0. The molecule has 0 fully saturated rings. The SMILES string of the molecule is C/C(OCc1ccccc1)=C(\OC(C)C)O[Si](C)(C)C. The normalized spacial score (nSPS) is 12.9. The van der Waals surface area contributed by atoms with Gasteiger partial charge in [0.25, 0.3) is 0 Å². The highest BCUT2D eigenvalue weighted by molar-refractivity contribution is 6.70. The van der Waals surface area contributed by atoms with Crippen molar-refractivity contribution >= 4 is 8.32 Å². The molecule has 0 radical (unpaired) electrons. The largest absolute Gasteiger partial charge is 0.517 e. The standard InChI is InChI=1S/C16H26O3Si/c1-13(2)18-16(19-20(4,5)6)14(3)17-12-15-10-8-7-9-11-15/h7-11,13H,12H2,1-6H3/b16-14-. The van der Waals surface area contributed by atoms with Crippen LogP contribution in [0.1, 0.15) is 26.3 Å². The lowest BCUT2D eigenvalue weighted by atomic mass is 10.2. The molecule has 0 aliphatic heterocycles. The molecule has 112 valence electrons. The maximum Gasteiger partial charge on any atom is 0.305 e. The van der Waals surface area contributed by atoms with Crippen molar-refractivity contribution in [2.75, 3.05) is 0 Å². The first-order valence-corrected chi connectivity index (χ1v) is 10.4. The van der Waals surface area contributed by atoms with Crippen LogP contribution < -0.4 is 0 Å². The van der Waals surface area contributed by atoms with Gasteiger partial charge in [-0.3, -0.25) is 0 Å². The monoisotopic (exact) mass is 294 g/mol. The zero-order valence-corrected chi connectivity index (χ0v) is 14.4. The van der Waals surface area contributed by atoms with Gasteiger partial charge in [-0.15, -0.1) is 0 Å². The summed E-state index contributed by atoms with van der Waals surface area (Å²) in [5.74, 6) is 1.22. The molecule has 0 saturated heterocycles. The first-order valence-electron chi connectivity index (χ1n) is 7.01. The Labute approximate surface area is 123 Å². The summed E-state index contributed by atoms with van der Waals surface area (Å²) in [6.45, 7) is 12.8. The average Bonchev–Trinajstić information content (AvgIpc) is 2.34. The fraction of sp³-hybridized carbons (Fsp3) is 0.500. The molecule has 0 spiro atoms. The van der Waals surface area contributed by atoms with Crippen LogP contribution in [0.4, 0.5) is 0 Å². The summed E-state index contributed by atoms with van der Waals surface area (Å²) in [6.07, 6.45) is 0.0663. The minimum absolute atomic E-state index is 0.0663. The molecule has 1 rings (SSSR count). The van der Waals surface area contributed by atoms with Crippen molar-refractivity contribution in [2.45, 2.75) is 53.1 Å². The second-order valence-corrected chi connectivity index (χ2v) is 10.4. The quantitative estimate of drug-likeness (QED) is 0.540. The Kier molecular flexibility index (Phi) is 6.14. The van der Waals surface area contributed by atoms with E-state index < -0.39 is 8.32 Å². The van der Waals surface area contributed by atoms with E-state index in [0.717, 1.165) is 5.56 Å². The average molecular weight is 294 g/mol. The maximum absolute atomic E-state index is 5.97. The molecule has 0 aliphatic carbocycles. The van der Waals surface area contributed by atoms with Gasteiger partial charge in [0.1, 0.15) is 6.61 Å². The third-order valence-corrected chi connectivity index (χ3v) is 3.13. The lowest BCUT2D eigenvalue weighted by Crippen LogP contribution is -2.27. The zero-order valence-electron chi connectivity index (χ0n) is 13.4. The molecule has 0 heterocycles. The van der Waals surface area contributed by atoms with Gasteiger partial charge in [-0.05, 0) is 39.1 Å². The van der Waals surface area contributed by atoms with Crippen molar-refractivity contribution in [1.29, 1.82) is 0 Å². The van der Waals surface area contributed by atoms with Crippen LogP contribution in [0.25, 0.3) is 0 Å². The molecule has 0 amide bonds. The molecule has 0 saturated carbocycles. The van der Waals surface area contributed by atoms with Crippen LogP contribution in [0.15, 0.2) is 42.0 Å². The Bertz CT molecular complexity index is 433. The van der Waals surface area contributed by atoms with E-state index >= 15 is 0 Å². The van der Waals surface area contributed by atoms with Crippen molar-refractivity contribution in [1.82, 2.24) is 0 Å². The molecule has 1 aromatic rings. The molecular weight excluding hydrogens is 268 g/mol. The summed E-state index contributed by atoms with van der Waals surface area (Å²) in [4.78, 5) is 0. The van der Waals surface area contributed by atoms with Crippen LogP contribution in [0, 0.1) is 0 Å². The Morgan fingerprint density at radius 1 is 1.10 bits per heavy atom. The Balaban J connectivity index is 2.74. The summed E-state index contributed by atoms with van der Waals surface area (Å²) in [6, 6.07) is 10.1. The van der Waals surface area contributed by atoms with Crippen molar-refractivity contribution in [3.63, 3.8) is 0 Å². The zero-order chi connectivity index (χ0) is 15.2. The van der Waals surface area contributed by atoms with E-state index in [1.807, 2.05) is 51.1 Å². The minimum Gasteiger partial charge on any atom is -0.517 e. The molecule has 0 aliphatic rings. The summed E-state index contributed by atoms with van der Waals surface area (Å²) < 4.78 is 17.5. The van der Waals surface area contributed by atoms with Gasteiger partial charge in [0, 0.05) is 6.92 Å². The van der Waals surface area contributed by atoms with Gasteiger partial charge >= 0.3 is 5.95 Å². The summed E-state index contributed by atoms with van der Waals surface area (Å²) in [5.41, 5.74) is 1.13. The van der Waals surface area contributed by atoms with E-state index in [1.165, 1.54) is 0 Å². The summed E-state index contributed by atoms with van der Waals surface area (Å²) in [7, 11) is -1.72. The van der Waals surface area contributed by atoms with Crippen LogP contribution in [0.5, 0.6) is 0 Å². The molecule has 20 heavy (non-hydrogen) atoms. The number of hydrogen-bond acceptors (Lipinski definition) is 3. The third-order valence-electron chi connectivity index (χ3n) is 2.33. The fourth-order valence-corrected chi connectivity index (χ4v) is 2.24. The van der Waals surface area contributed by atoms with Gasteiger partial charge in [0.15, 0.2) is 5.76 Å². The number of benzene rings is 1. The Morgan fingerprint density at radius 2 is 1.70 bits per heavy atom. The van der Waals surface area contributed by atoms with E-state index in [2.05, 4.69) is 19.6 Å². The van der Waals surface area contributed by atoms with Gasteiger partial charge < -0.3 is 13.9 Å². The number of hydrogen-bond donors (Lipinski definition) is 0. The molecule has 0 N–H and O–H groups in total. The van der Waals surface area contributed by atoms with Gasteiger partial charge in [0.2, 0.25) is 8.32 Å². The first kappa shape index (κ1) is 16.6.